The zero-order chi connectivity index (χ0) is 21.1. The Morgan fingerprint density at radius 1 is 0.355 bits per heavy atom. The zero-order valence-electron chi connectivity index (χ0n) is 17.1. The van der Waals surface area contributed by atoms with Crippen molar-refractivity contribution < 1.29 is 0 Å². The Labute approximate surface area is 183 Å². The van der Waals surface area contributed by atoms with Crippen molar-refractivity contribution >= 4 is 17.1 Å². The molecule has 1 heterocycles. The third-order valence-corrected chi connectivity index (χ3v) is 4.74. The molecule has 0 saturated heterocycles. The van der Waals surface area contributed by atoms with Crippen LogP contribution in [0.1, 0.15) is 0 Å². The van der Waals surface area contributed by atoms with Crippen LogP contribution in [0.5, 0.6) is 0 Å². The van der Waals surface area contributed by atoms with Crippen molar-refractivity contribution in [3.05, 3.63) is 140 Å². The molecule has 0 aliphatic heterocycles. The summed E-state index contributed by atoms with van der Waals surface area (Å²) in [5.74, 6) is 0. The largest absolute Gasteiger partial charge is 0.311 e. The number of benzene rings is 4. The maximum Gasteiger partial charge on any atom is 0.0462 e. The van der Waals surface area contributed by atoms with Crippen LogP contribution in [0.2, 0.25) is 0 Å². The molecule has 0 bridgehead atoms. The van der Waals surface area contributed by atoms with Gasteiger partial charge in [0.15, 0.2) is 0 Å². The normalized spacial score (nSPS) is 9.94. The number of anilines is 3. The minimum Gasteiger partial charge on any atom is -0.311 e. The molecule has 0 atom stereocenters. The molecular formula is C28H23N3. The minimum atomic E-state index is 1.15. The lowest BCUT2D eigenvalue weighted by atomic mass is 10.0. The number of nitrogens with zero attached hydrogens (tertiary/aromatic N) is 3. The summed E-state index contributed by atoms with van der Waals surface area (Å²) < 4.78 is 0. The van der Waals surface area contributed by atoms with E-state index in [1.54, 1.807) is 24.8 Å². The molecule has 0 aliphatic carbocycles. The topological polar surface area (TPSA) is 29.0 Å². The van der Waals surface area contributed by atoms with E-state index < -0.39 is 0 Å². The monoisotopic (exact) mass is 401 g/mol. The van der Waals surface area contributed by atoms with Gasteiger partial charge in [0.25, 0.3) is 0 Å². The highest BCUT2D eigenvalue weighted by Crippen LogP contribution is 2.35. The summed E-state index contributed by atoms with van der Waals surface area (Å²) >= 11 is 0. The zero-order valence-corrected chi connectivity index (χ0v) is 17.1. The fourth-order valence-electron chi connectivity index (χ4n) is 3.29. The van der Waals surface area contributed by atoms with Gasteiger partial charge in [0.05, 0.1) is 0 Å². The fraction of sp³-hybridized carbons (Fsp3) is 0. The number of hydrogen-bond donors (Lipinski definition) is 0. The Bertz CT molecular complexity index is 1080. The highest BCUT2D eigenvalue weighted by Gasteiger charge is 2.11. The first-order valence-corrected chi connectivity index (χ1v) is 10.2. The summed E-state index contributed by atoms with van der Waals surface area (Å²) in [6, 6.07) is 40.1. The predicted octanol–water partition coefficient (Wildman–Crippen LogP) is 7.30. The molecule has 0 amide bonds. The van der Waals surface area contributed by atoms with Crippen LogP contribution in [0.3, 0.4) is 0 Å². The van der Waals surface area contributed by atoms with Gasteiger partial charge in [-0.25, -0.2) is 0 Å². The maximum atomic E-state index is 3.72. The second-order valence-corrected chi connectivity index (χ2v) is 6.81. The van der Waals surface area contributed by atoms with Gasteiger partial charge in [-0.1, -0.05) is 78.9 Å². The first kappa shape index (κ1) is 20.0. The third-order valence-electron chi connectivity index (χ3n) is 4.74. The summed E-state index contributed by atoms with van der Waals surface area (Å²) in [4.78, 5) is 9.72. The molecule has 0 unspecified atom stereocenters. The van der Waals surface area contributed by atoms with Crippen LogP contribution < -0.4 is 4.90 Å². The average Bonchev–Trinajstić information content (AvgIpc) is 2.88. The summed E-state index contributed by atoms with van der Waals surface area (Å²) in [5, 5.41) is 0. The number of hydrogen-bond acceptors (Lipinski definition) is 3. The van der Waals surface area contributed by atoms with Gasteiger partial charge in [0.2, 0.25) is 0 Å². The van der Waals surface area contributed by atoms with Gasteiger partial charge >= 0.3 is 0 Å². The van der Waals surface area contributed by atoms with Crippen molar-refractivity contribution in [1.29, 1.82) is 0 Å². The van der Waals surface area contributed by atoms with E-state index >= 15 is 0 Å². The van der Waals surface area contributed by atoms with Gasteiger partial charge in [0.1, 0.15) is 0 Å². The maximum absolute atomic E-state index is 3.72. The van der Waals surface area contributed by atoms with Crippen molar-refractivity contribution in [2.75, 3.05) is 4.90 Å². The van der Waals surface area contributed by atoms with Crippen molar-refractivity contribution in [2.45, 2.75) is 0 Å². The summed E-state index contributed by atoms with van der Waals surface area (Å²) in [7, 11) is 0. The number of rotatable bonds is 4. The Kier molecular flexibility index (Phi) is 6.80. The van der Waals surface area contributed by atoms with E-state index in [0.29, 0.717) is 0 Å². The molecule has 0 saturated carbocycles. The molecule has 0 radical (unpaired) electrons. The number of aromatic nitrogens is 2. The van der Waals surface area contributed by atoms with E-state index in [4.69, 9.17) is 0 Å². The standard InChI is InChI=1S/C24H19N.C4H4N2/c1-4-10-20(11-5-1)21-16-18-24(19-17-21)25(22-12-6-2-7-13-22)23-14-8-3-9-15-23;1-2-6-4-3-5-1/h1-19H;1-4H. The van der Waals surface area contributed by atoms with E-state index in [2.05, 4.69) is 112 Å². The third kappa shape index (κ3) is 5.43. The van der Waals surface area contributed by atoms with Crippen LogP contribution in [-0.2, 0) is 0 Å². The first-order chi connectivity index (χ1) is 15.4. The van der Waals surface area contributed by atoms with Crippen LogP contribution in [-0.4, -0.2) is 9.97 Å². The molecule has 5 aromatic rings. The van der Waals surface area contributed by atoms with Crippen LogP contribution in [0.25, 0.3) is 11.1 Å². The summed E-state index contributed by atoms with van der Waals surface area (Å²) in [6.07, 6.45) is 6.56. The quantitative estimate of drug-likeness (QED) is 0.316. The molecule has 3 nitrogen and oxygen atoms in total. The minimum absolute atomic E-state index is 1.15. The smallest absolute Gasteiger partial charge is 0.0462 e. The van der Waals surface area contributed by atoms with Crippen LogP contribution in [0.4, 0.5) is 17.1 Å². The second kappa shape index (κ2) is 10.5. The van der Waals surface area contributed by atoms with Gasteiger partial charge in [0, 0.05) is 41.8 Å². The fourth-order valence-corrected chi connectivity index (χ4v) is 3.29. The lowest BCUT2D eigenvalue weighted by Crippen LogP contribution is -2.09. The highest BCUT2D eigenvalue weighted by atomic mass is 15.1. The number of para-hydroxylation sites is 2. The molecule has 0 spiro atoms. The van der Waals surface area contributed by atoms with Gasteiger partial charge < -0.3 is 4.90 Å². The lowest BCUT2D eigenvalue weighted by Gasteiger charge is -2.25. The van der Waals surface area contributed by atoms with Gasteiger partial charge in [-0.05, 0) is 47.5 Å². The molecule has 1 aromatic heterocycles. The van der Waals surface area contributed by atoms with Crippen molar-refractivity contribution in [3.63, 3.8) is 0 Å². The van der Waals surface area contributed by atoms with E-state index in [1.807, 2.05) is 18.2 Å². The van der Waals surface area contributed by atoms with Crippen LogP contribution in [0.15, 0.2) is 140 Å². The van der Waals surface area contributed by atoms with Gasteiger partial charge in [-0.2, -0.15) is 0 Å². The van der Waals surface area contributed by atoms with Crippen LogP contribution in [0, 0.1) is 0 Å². The Hall–Kier alpha value is -4.24. The predicted molar refractivity (Wildman–Crippen MR) is 129 cm³/mol. The molecule has 31 heavy (non-hydrogen) atoms. The Morgan fingerprint density at radius 2 is 0.710 bits per heavy atom. The van der Waals surface area contributed by atoms with E-state index in [0.717, 1.165) is 17.1 Å². The van der Waals surface area contributed by atoms with Crippen LogP contribution >= 0.6 is 0 Å². The van der Waals surface area contributed by atoms with E-state index in [1.165, 1.54) is 11.1 Å². The van der Waals surface area contributed by atoms with Crippen molar-refractivity contribution in [3.8, 4) is 11.1 Å². The molecule has 0 N–H and O–H groups in total. The molecule has 3 heteroatoms. The Balaban J connectivity index is 0.000000334. The van der Waals surface area contributed by atoms with Gasteiger partial charge in [-0.3, -0.25) is 9.97 Å². The lowest BCUT2D eigenvalue weighted by molar-refractivity contribution is 1.20. The SMILES string of the molecule is c1ccc(-c2ccc(N(c3ccccc3)c3ccccc3)cc2)cc1.c1cnccn1. The molecule has 0 aliphatic rings. The molecular weight excluding hydrogens is 378 g/mol. The molecule has 0 fully saturated rings. The molecule has 5 rings (SSSR count). The second-order valence-electron chi connectivity index (χ2n) is 6.81. The first-order valence-electron chi connectivity index (χ1n) is 10.2. The van der Waals surface area contributed by atoms with E-state index in [-0.39, 0.29) is 0 Å². The van der Waals surface area contributed by atoms with Crippen molar-refractivity contribution in [2.24, 2.45) is 0 Å². The Morgan fingerprint density at radius 3 is 1.13 bits per heavy atom. The molecule has 4 aromatic carbocycles. The highest BCUT2D eigenvalue weighted by molar-refractivity contribution is 5.78. The summed E-state index contributed by atoms with van der Waals surface area (Å²) in [6.45, 7) is 0. The molecule has 150 valence electrons. The average molecular weight is 402 g/mol. The summed E-state index contributed by atoms with van der Waals surface area (Å²) in [5.41, 5.74) is 5.92. The van der Waals surface area contributed by atoms with Crippen molar-refractivity contribution in [1.82, 2.24) is 9.97 Å². The van der Waals surface area contributed by atoms with E-state index in [9.17, 15) is 0 Å². The van der Waals surface area contributed by atoms with Gasteiger partial charge in [-0.15, -0.1) is 0 Å².